The largest absolute Gasteiger partial charge is 0.377 e. The summed E-state index contributed by atoms with van der Waals surface area (Å²) in [5.74, 6) is 0.146. The molecule has 1 aliphatic rings. The van der Waals surface area contributed by atoms with Crippen LogP contribution in [0.4, 0.5) is 0 Å². The SMILES string of the molecule is CCOC(C)CN1C(=O)C(C)NC1c1cc(C)ccc1C. The minimum Gasteiger partial charge on any atom is -0.377 e. The first kappa shape index (κ1) is 16.0. The summed E-state index contributed by atoms with van der Waals surface area (Å²) < 4.78 is 5.60. The number of nitrogens with one attached hydrogen (secondary N) is 1. The molecule has 1 fully saturated rings. The third kappa shape index (κ3) is 3.44. The summed E-state index contributed by atoms with van der Waals surface area (Å²) in [7, 11) is 0. The van der Waals surface area contributed by atoms with E-state index in [2.05, 4.69) is 37.4 Å². The Hall–Kier alpha value is -1.39. The molecule has 0 saturated carbocycles. The standard InChI is InChI=1S/C17H26N2O2/c1-6-21-13(4)10-19-16(18-14(5)17(19)20)15-9-11(2)7-8-12(15)3/h7-9,13-14,16,18H,6,10H2,1-5H3. The second-order valence-corrected chi connectivity index (χ2v) is 5.91. The van der Waals surface area contributed by atoms with Crippen LogP contribution in [0.5, 0.6) is 0 Å². The highest BCUT2D eigenvalue weighted by molar-refractivity contribution is 5.84. The Labute approximate surface area is 127 Å². The lowest BCUT2D eigenvalue weighted by Crippen LogP contribution is -2.37. The Bertz CT molecular complexity index is 516. The normalized spacial score (nSPS) is 23.7. The zero-order valence-electron chi connectivity index (χ0n) is 13.6. The molecular formula is C17H26N2O2. The Balaban J connectivity index is 2.27. The molecule has 0 radical (unpaired) electrons. The number of nitrogens with zero attached hydrogens (tertiary/aromatic N) is 1. The second kappa shape index (κ2) is 6.58. The monoisotopic (exact) mass is 290 g/mol. The van der Waals surface area contributed by atoms with E-state index >= 15 is 0 Å². The number of benzene rings is 1. The number of rotatable bonds is 5. The van der Waals surface area contributed by atoms with Crippen LogP contribution in [0.2, 0.25) is 0 Å². The molecule has 1 saturated heterocycles. The molecule has 1 N–H and O–H groups in total. The fourth-order valence-corrected chi connectivity index (χ4v) is 2.90. The van der Waals surface area contributed by atoms with Gasteiger partial charge in [0, 0.05) is 13.2 Å². The predicted molar refractivity (Wildman–Crippen MR) is 84.1 cm³/mol. The van der Waals surface area contributed by atoms with Gasteiger partial charge in [-0.15, -0.1) is 0 Å². The number of amides is 1. The van der Waals surface area contributed by atoms with Crippen LogP contribution in [-0.2, 0) is 9.53 Å². The van der Waals surface area contributed by atoms with Crippen molar-refractivity contribution < 1.29 is 9.53 Å². The maximum Gasteiger partial charge on any atom is 0.241 e. The fourth-order valence-electron chi connectivity index (χ4n) is 2.90. The minimum atomic E-state index is -0.149. The van der Waals surface area contributed by atoms with Crippen molar-refractivity contribution in [2.75, 3.05) is 13.2 Å². The van der Waals surface area contributed by atoms with E-state index in [1.54, 1.807) is 0 Å². The van der Waals surface area contributed by atoms with Crippen LogP contribution in [-0.4, -0.2) is 36.1 Å². The van der Waals surface area contributed by atoms with Crippen LogP contribution in [0.15, 0.2) is 18.2 Å². The highest BCUT2D eigenvalue weighted by Gasteiger charge is 2.38. The molecule has 0 bridgehead atoms. The Morgan fingerprint density at radius 3 is 2.76 bits per heavy atom. The van der Waals surface area contributed by atoms with Gasteiger partial charge in [-0.05, 0) is 45.7 Å². The number of ether oxygens (including phenoxy) is 1. The van der Waals surface area contributed by atoms with E-state index < -0.39 is 0 Å². The average Bonchev–Trinajstić information content (AvgIpc) is 2.70. The molecule has 0 aromatic heterocycles. The van der Waals surface area contributed by atoms with E-state index in [1.165, 1.54) is 16.7 Å². The molecule has 4 nitrogen and oxygen atoms in total. The molecule has 1 amide bonds. The predicted octanol–water partition coefficient (Wildman–Crippen LogP) is 2.55. The zero-order chi connectivity index (χ0) is 15.6. The van der Waals surface area contributed by atoms with Crippen molar-refractivity contribution in [1.82, 2.24) is 10.2 Å². The van der Waals surface area contributed by atoms with Crippen molar-refractivity contribution in [3.05, 3.63) is 34.9 Å². The maximum atomic E-state index is 12.4. The molecule has 3 atom stereocenters. The highest BCUT2D eigenvalue weighted by atomic mass is 16.5. The first-order valence-electron chi connectivity index (χ1n) is 7.69. The summed E-state index contributed by atoms with van der Waals surface area (Å²) in [6.07, 6.45) is -0.0195. The van der Waals surface area contributed by atoms with Crippen LogP contribution in [0.25, 0.3) is 0 Å². The highest BCUT2D eigenvalue weighted by Crippen LogP contribution is 2.28. The van der Waals surface area contributed by atoms with Gasteiger partial charge in [-0.25, -0.2) is 0 Å². The van der Waals surface area contributed by atoms with E-state index in [0.717, 1.165) is 0 Å². The summed E-state index contributed by atoms with van der Waals surface area (Å²) >= 11 is 0. The van der Waals surface area contributed by atoms with Crippen LogP contribution in [0, 0.1) is 13.8 Å². The number of aryl methyl sites for hydroxylation is 2. The van der Waals surface area contributed by atoms with Gasteiger partial charge in [-0.1, -0.05) is 23.8 Å². The molecule has 1 aromatic carbocycles. The van der Waals surface area contributed by atoms with Crippen molar-refractivity contribution in [3.63, 3.8) is 0 Å². The smallest absolute Gasteiger partial charge is 0.241 e. The number of hydrogen-bond donors (Lipinski definition) is 1. The van der Waals surface area contributed by atoms with E-state index in [4.69, 9.17) is 4.74 Å². The Morgan fingerprint density at radius 2 is 2.10 bits per heavy atom. The summed E-state index contributed by atoms with van der Waals surface area (Å²) in [5.41, 5.74) is 3.59. The fraction of sp³-hybridized carbons (Fsp3) is 0.588. The third-order valence-electron chi connectivity index (χ3n) is 4.01. The van der Waals surface area contributed by atoms with Crippen LogP contribution >= 0.6 is 0 Å². The second-order valence-electron chi connectivity index (χ2n) is 5.91. The number of hydrogen-bond acceptors (Lipinski definition) is 3. The maximum absolute atomic E-state index is 12.4. The molecule has 1 aliphatic heterocycles. The van der Waals surface area contributed by atoms with E-state index in [9.17, 15) is 4.79 Å². The third-order valence-corrected chi connectivity index (χ3v) is 4.01. The summed E-state index contributed by atoms with van der Waals surface area (Å²) in [5, 5.41) is 3.41. The molecule has 116 valence electrons. The van der Waals surface area contributed by atoms with Gasteiger partial charge in [0.05, 0.1) is 12.1 Å². The summed E-state index contributed by atoms with van der Waals surface area (Å²) in [6.45, 7) is 11.4. The minimum absolute atomic E-state index is 0.0404. The van der Waals surface area contributed by atoms with Gasteiger partial charge in [-0.2, -0.15) is 0 Å². The first-order chi connectivity index (χ1) is 9.93. The van der Waals surface area contributed by atoms with E-state index in [0.29, 0.717) is 13.2 Å². The quantitative estimate of drug-likeness (QED) is 0.906. The zero-order valence-corrected chi connectivity index (χ0v) is 13.6. The van der Waals surface area contributed by atoms with Gasteiger partial charge in [0.25, 0.3) is 0 Å². The lowest BCUT2D eigenvalue weighted by molar-refractivity contribution is -0.131. The average molecular weight is 290 g/mol. The lowest BCUT2D eigenvalue weighted by atomic mass is 10.0. The van der Waals surface area contributed by atoms with Crippen molar-refractivity contribution >= 4 is 5.91 Å². The van der Waals surface area contributed by atoms with Crippen molar-refractivity contribution in [1.29, 1.82) is 0 Å². The van der Waals surface area contributed by atoms with Gasteiger partial charge in [-0.3, -0.25) is 10.1 Å². The number of carbonyl (C=O) groups is 1. The molecule has 0 spiro atoms. The summed E-state index contributed by atoms with van der Waals surface area (Å²) in [6, 6.07) is 6.23. The van der Waals surface area contributed by atoms with E-state index in [-0.39, 0.29) is 24.2 Å². The molecular weight excluding hydrogens is 264 g/mol. The molecule has 2 rings (SSSR count). The molecule has 0 aliphatic carbocycles. The molecule has 4 heteroatoms. The molecule has 1 heterocycles. The van der Waals surface area contributed by atoms with Gasteiger partial charge in [0.1, 0.15) is 6.17 Å². The summed E-state index contributed by atoms with van der Waals surface area (Å²) in [4.78, 5) is 14.3. The van der Waals surface area contributed by atoms with Gasteiger partial charge in [0.15, 0.2) is 0 Å². The van der Waals surface area contributed by atoms with Crippen molar-refractivity contribution in [2.24, 2.45) is 0 Å². The van der Waals surface area contributed by atoms with Crippen LogP contribution in [0.3, 0.4) is 0 Å². The number of carbonyl (C=O) groups excluding carboxylic acids is 1. The van der Waals surface area contributed by atoms with Gasteiger partial charge < -0.3 is 9.64 Å². The van der Waals surface area contributed by atoms with Crippen molar-refractivity contribution in [3.8, 4) is 0 Å². The lowest BCUT2D eigenvalue weighted by Gasteiger charge is -2.28. The van der Waals surface area contributed by atoms with E-state index in [1.807, 2.05) is 25.7 Å². The van der Waals surface area contributed by atoms with Gasteiger partial charge >= 0.3 is 0 Å². The molecule has 1 aromatic rings. The Morgan fingerprint density at radius 1 is 1.38 bits per heavy atom. The van der Waals surface area contributed by atoms with Gasteiger partial charge in [0.2, 0.25) is 5.91 Å². The van der Waals surface area contributed by atoms with Crippen LogP contribution < -0.4 is 5.32 Å². The van der Waals surface area contributed by atoms with Crippen molar-refractivity contribution in [2.45, 2.75) is 52.9 Å². The first-order valence-corrected chi connectivity index (χ1v) is 7.69. The molecule has 3 unspecified atom stereocenters. The Kier molecular flexibility index (Phi) is 5.01. The van der Waals surface area contributed by atoms with Crippen LogP contribution in [0.1, 0.15) is 43.6 Å². The molecule has 21 heavy (non-hydrogen) atoms. The topological polar surface area (TPSA) is 41.6 Å².